The first kappa shape index (κ1) is 15.2. The van der Waals surface area contributed by atoms with Crippen molar-refractivity contribution >= 4 is 12.1 Å². The number of ether oxygens (including phenoxy) is 2. The Morgan fingerprint density at radius 3 is 2.47 bits per heavy atom. The number of rotatable bonds is 7. The van der Waals surface area contributed by atoms with Gasteiger partial charge in [-0.05, 0) is 12.3 Å². The summed E-state index contributed by atoms with van der Waals surface area (Å²) in [5.41, 5.74) is 0. The van der Waals surface area contributed by atoms with Gasteiger partial charge >= 0.3 is 12.1 Å². The zero-order valence-electron chi connectivity index (χ0n) is 10.3. The number of hydrogen-bond acceptors (Lipinski definition) is 4. The van der Waals surface area contributed by atoms with E-state index in [0.29, 0.717) is 6.42 Å². The van der Waals surface area contributed by atoms with Crippen LogP contribution in [0.3, 0.4) is 0 Å². The van der Waals surface area contributed by atoms with Gasteiger partial charge in [0.1, 0.15) is 12.6 Å². The summed E-state index contributed by atoms with van der Waals surface area (Å²) in [5, 5.41) is 2.42. The molecule has 0 saturated carbocycles. The number of hydrogen-bond donors (Lipinski definition) is 1. The molecule has 0 heterocycles. The lowest BCUT2D eigenvalue weighted by Crippen LogP contribution is -2.42. The predicted molar refractivity (Wildman–Crippen MR) is 64.2 cm³/mol. The molecule has 1 N–H and O–H groups in total. The zero-order valence-corrected chi connectivity index (χ0v) is 10.3. The van der Waals surface area contributed by atoms with Gasteiger partial charge in [0.15, 0.2) is 0 Å². The van der Waals surface area contributed by atoms with Crippen LogP contribution in [-0.4, -0.2) is 24.7 Å². The van der Waals surface area contributed by atoms with Crippen molar-refractivity contribution in [1.82, 2.24) is 5.32 Å². The molecular weight excluding hydrogens is 222 g/mol. The van der Waals surface area contributed by atoms with Crippen LogP contribution >= 0.6 is 0 Å². The predicted octanol–water partition coefficient (Wildman–Crippen LogP) is 2.00. The Labute approximate surface area is 101 Å². The van der Waals surface area contributed by atoms with E-state index >= 15 is 0 Å². The summed E-state index contributed by atoms with van der Waals surface area (Å²) in [4.78, 5) is 22.8. The molecule has 0 saturated heterocycles. The van der Waals surface area contributed by atoms with Gasteiger partial charge in [0.25, 0.3) is 0 Å². The average Bonchev–Trinajstić information content (AvgIpc) is 2.24. The van der Waals surface area contributed by atoms with Crippen LogP contribution in [-0.2, 0) is 14.3 Å². The molecule has 0 aliphatic carbocycles. The number of carbonyl (C=O) groups is 2. The van der Waals surface area contributed by atoms with Gasteiger partial charge in [-0.25, -0.2) is 9.59 Å². The lowest BCUT2D eigenvalue weighted by molar-refractivity contribution is -0.145. The summed E-state index contributed by atoms with van der Waals surface area (Å²) in [6.07, 6.45) is 2.21. The summed E-state index contributed by atoms with van der Waals surface area (Å²) in [5.74, 6) is -0.264. The second-order valence-electron chi connectivity index (χ2n) is 3.82. The number of nitrogens with one attached hydrogen (secondary N) is 1. The van der Waals surface area contributed by atoms with Crippen molar-refractivity contribution in [2.24, 2.45) is 5.92 Å². The molecule has 0 aliphatic heterocycles. The molecule has 0 spiro atoms. The van der Waals surface area contributed by atoms with Crippen LogP contribution in [0, 0.1) is 5.92 Å². The average molecular weight is 241 g/mol. The van der Waals surface area contributed by atoms with E-state index in [9.17, 15) is 9.59 Å². The van der Waals surface area contributed by atoms with E-state index < -0.39 is 18.1 Å². The van der Waals surface area contributed by atoms with E-state index in [1.54, 1.807) is 0 Å². The lowest BCUT2D eigenvalue weighted by Gasteiger charge is -2.18. The maximum Gasteiger partial charge on any atom is 0.412 e. The quantitative estimate of drug-likeness (QED) is 0.420. The molecule has 0 aromatic rings. The second kappa shape index (κ2) is 8.38. The Morgan fingerprint density at radius 2 is 2.00 bits per heavy atom. The minimum Gasteiger partial charge on any atom is -0.460 e. The van der Waals surface area contributed by atoms with Crippen molar-refractivity contribution in [3.8, 4) is 0 Å². The van der Waals surface area contributed by atoms with Crippen LogP contribution < -0.4 is 5.32 Å². The smallest absolute Gasteiger partial charge is 0.412 e. The van der Waals surface area contributed by atoms with Crippen molar-refractivity contribution in [1.29, 1.82) is 0 Å². The highest BCUT2D eigenvalue weighted by atomic mass is 16.5. The van der Waals surface area contributed by atoms with Gasteiger partial charge in [-0.3, -0.25) is 0 Å². The molecule has 1 atom stereocenters. The molecule has 0 aromatic heterocycles. The fraction of sp³-hybridized carbons (Fsp3) is 0.500. The first-order valence-electron chi connectivity index (χ1n) is 5.36. The van der Waals surface area contributed by atoms with Gasteiger partial charge in [0.05, 0.1) is 6.26 Å². The fourth-order valence-corrected chi connectivity index (χ4v) is 1.18. The third-order valence-corrected chi connectivity index (χ3v) is 1.82. The third-order valence-electron chi connectivity index (χ3n) is 1.82. The molecule has 1 amide bonds. The van der Waals surface area contributed by atoms with E-state index in [-0.39, 0.29) is 12.5 Å². The Kier molecular flexibility index (Phi) is 7.50. The molecule has 17 heavy (non-hydrogen) atoms. The molecule has 96 valence electrons. The van der Waals surface area contributed by atoms with Gasteiger partial charge in [-0.15, -0.1) is 0 Å². The normalized spacial score (nSPS) is 11.5. The fourth-order valence-electron chi connectivity index (χ4n) is 1.18. The number of esters is 1. The molecule has 5 heteroatoms. The maximum absolute atomic E-state index is 11.6. The van der Waals surface area contributed by atoms with Crippen molar-refractivity contribution in [3.63, 3.8) is 0 Å². The third kappa shape index (κ3) is 7.16. The Morgan fingerprint density at radius 1 is 1.35 bits per heavy atom. The topological polar surface area (TPSA) is 64.6 Å². The summed E-state index contributed by atoms with van der Waals surface area (Å²) < 4.78 is 9.37. The Balaban J connectivity index is 4.40. The standard InChI is InChI=1S/C12H19NO4/c1-5-7-17-11(14)10(8-9(3)4)13-12(15)16-6-2/h5-6,9-10H,1-2,7-8H2,3-4H3,(H,13,15)/t10-/m0/s1. The largest absolute Gasteiger partial charge is 0.460 e. The van der Waals surface area contributed by atoms with Crippen molar-refractivity contribution in [2.45, 2.75) is 26.3 Å². The lowest BCUT2D eigenvalue weighted by atomic mass is 10.0. The van der Waals surface area contributed by atoms with Gasteiger partial charge < -0.3 is 14.8 Å². The highest BCUT2D eigenvalue weighted by Gasteiger charge is 2.23. The second-order valence-corrected chi connectivity index (χ2v) is 3.82. The van der Waals surface area contributed by atoms with E-state index in [1.807, 2.05) is 13.8 Å². The number of alkyl carbamates (subject to hydrolysis) is 1. The number of carbonyl (C=O) groups excluding carboxylic acids is 2. The van der Waals surface area contributed by atoms with Crippen LogP contribution in [0.4, 0.5) is 4.79 Å². The molecule has 0 rings (SSSR count). The van der Waals surface area contributed by atoms with E-state index in [1.165, 1.54) is 6.08 Å². The molecular formula is C12H19NO4. The molecule has 0 unspecified atom stereocenters. The summed E-state index contributed by atoms with van der Waals surface area (Å²) in [7, 11) is 0. The molecule has 0 radical (unpaired) electrons. The summed E-state index contributed by atoms with van der Waals surface area (Å²) in [6, 6.07) is -0.720. The van der Waals surface area contributed by atoms with E-state index in [2.05, 4.69) is 23.2 Å². The highest BCUT2D eigenvalue weighted by molar-refractivity contribution is 5.81. The Hall–Kier alpha value is -1.78. The van der Waals surface area contributed by atoms with Crippen LogP contribution in [0.1, 0.15) is 20.3 Å². The molecule has 0 fully saturated rings. The van der Waals surface area contributed by atoms with Crippen molar-refractivity contribution < 1.29 is 19.1 Å². The SMILES string of the molecule is C=CCOC(=O)[C@H](CC(C)C)NC(=O)OC=C. The summed E-state index contributed by atoms with van der Waals surface area (Å²) in [6.45, 7) is 10.7. The summed E-state index contributed by atoms with van der Waals surface area (Å²) >= 11 is 0. The van der Waals surface area contributed by atoms with Crippen LogP contribution in [0.15, 0.2) is 25.5 Å². The van der Waals surface area contributed by atoms with E-state index in [0.717, 1.165) is 6.26 Å². The van der Waals surface area contributed by atoms with Crippen LogP contribution in [0.25, 0.3) is 0 Å². The van der Waals surface area contributed by atoms with E-state index in [4.69, 9.17) is 4.74 Å². The number of amides is 1. The van der Waals surface area contributed by atoms with Crippen molar-refractivity contribution in [3.05, 3.63) is 25.5 Å². The van der Waals surface area contributed by atoms with Crippen molar-refractivity contribution in [2.75, 3.05) is 6.61 Å². The van der Waals surface area contributed by atoms with Crippen LogP contribution in [0.2, 0.25) is 0 Å². The molecule has 0 bridgehead atoms. The monoisotopic (exact) mass is 241 g/mol. The minimum absolute atomic E-state index is 0.117. The van der Waals surface area contributed by atoms with Gasteiger partial charge in [0.2, 0.25) is 0 Å². The molecule has 0 aromatic carbocycles. The first-order chi connectivity index (χ1) is 8.01. The minimum atomic E-state index is -0.721. The first-order valence-corrected chi connectivity index (χ1v) is 5.36. The zero-order chi connectivity index (χ0) is 13.3. The van der Waals surface area contributed by atoms with Gasteiger partial charge in [-0.2, -0.15) is 0 Å². The highest BCUT2D eigenvalue weighted by Crippen LogP contribution is 2.07. The Bertz CT molecular complexity index is 286. The molecule has 0 aliphatic rings. The van der Waals surface area contributed by atoms with Gasteiger partial charge in [0, 0.05) is 0 Å². The van der Waals surface area contributed by atoms with Gasteiger partial charge in [-0.1, -0.05) is 33.1 Å². The maximum atomic E-state index is 11.6. The van der Waals surface area contributed by atoms with Crippen LogP contribution in [0.5, 0.6) is 0 Å². The molecule has 5 nitrogen and oxygen atoms in total.